The molecule has 21 heavy (non-hydrogen) atoms. The number of hydrogen-bond donors (Lipinski definition) is 2. The molecule has 0 saturated carbocycles. The van der Waals surface area contributed by atoms with Crippen molar-refractivity contribution in [2.75, 3.05) is 7.11 Å². The molecule has 0 spiro atoms. The van der Waals surface area contributed by atoms with Crippen molar-refractivity contribution in [2.45, 2.75) is 11.6 Å². The Hall–Kier alpha value is -2.51. The third kappa shape index (κ3) is 2.56. The number of benzene rings is 1. The highest BCUT2D eigenvalue weighted by atomic mass is 16.6. The molecule has 0 amide bonds. The molecule has 0 aliphatic heterocycles. The molecule has 0 saturated heterocycles. The topological polar surface area (TPSA) is 116 Å². The van der Waals surface area contributed by atoms with Crippen molar-refractivity contribution in [1.82, 2.24) is 0 Å². The second-order valence-electron chi connectivity index (χ2n) is 4.59. The molecule has 2 rings (SSSR count). The number of hydrogen-bond acceptors (Lipinski definition) is 6. The summed E-state index contributed by atoms with van der Waals surface area (Å²) in [6.45, 7) is 0. The largest absolute Gasteiger partial charge is 0.490 e. The van der Waals surface area contributed by atoms with Crippen LogP contribution >= 0.6 is 0 Å². The molecule has 0 radical (unpaired) electrons. The van der Waals surface area contributed by atoms with Gasteiger partial charge in [-0.1, -0.05) is 24.3 Å². The minimum atomic E-state index is -1.60. The Labute approximate surface area is 120 Å². The molecule has 2 unspecified atom stereocenters. The van der Waals surface area contributed by atoms with E-state index in [0.29, 0.717) is 0 Å². The van der Waals surface area contributed by atoms with E-state index in [-0.39, 0.29) is 17.0 Å². The highest BCUT2D eigenvalue weighted by Crippen LogP contribution is 2.30. The van der Waals surface area contributed by atoms with E-state index in [1.54, 1.807) is 12.2 Å². The van der Waals surface area contributed by atoms with Crippen LogP contribution in [-0.2, 0) is 0 Å². The maximum atomic E-state index is 12.5. The highest BCUT2D eigenvalue weighted by Gasteiger charge is 2.39. The lowest BCUT2D eigenvalue weighted by atomic mass is 9.82. The van der Waals surface area contributed by atoms with E-state index in [1.165, 1.54) is 37.5 Å². The number of rotatable bonds is 4. The summed E-state index contributed by atoms with van der Waals surface area (Å²) in [6, 6.07) is 3.70. The summed E-state index contributed by atoms with van der Waals surface area (Å²) in [6.07, 6.45) is 4.78. The zero-order valence-corrected chi connectivity index (χ0v) is 11.2. The van der Waals surface area contributed by atoms with Gasteiger partial charge in [0.05, 0.1) is 12.0 Å². The zero-order chi connectivity index (χ0) is 15.6. The number of nitro groups is 1. The molecule has 1 aliphatic rings. The lowest BCUT2D eigenvalue weighted by molar-refractivity contribution is -0.385. The van der Waals surface area contributed by atoms with Crippen molar-refractivity contribution >= 4 is 11.5 Å². The Bertz CT molecular complexity index is 653. The van der Waals surface area contributed by atoms with Gasteiger partial charge in [-0.25, -0.2) is 0 Å². The molecule has 0 bridgehead atoms. The molecule has 1 aromatic rings. The normalized spacial score (nSPS) is 23.9. The fourth-order valence-corrected chi connectivity index (χ4v) is 2.07. The average molecular weight is 290 g/mol. The van der Waals surface area contributed by atoms with Gasteiger partial charge in [0.2, 0.25) is 0 Å². The number of methoxy groups -OCH3 is 1. The van der Waals surface area contributed by atoms with Gasteiger partial charge in [-0.05, 0) is 12.1 Å². The average Bonchev–Trinajstić information content (AvgIpc) is 2.48. The van der Waals surface area contributed by atoms with E-state index in [2.05, 4.69) is 0 Å². The number of carbonyl (C=O) groups is 1. The molecule has 0 aromatic heterocycles. The Morgan fingerprint density at radius 2 is 2.19 bits per heavy atom. The van der Waals surface area contributed by atoms with Crippen molar-refractivity contribution in [2.24, 2.45) is 5.73 Å². The van der Waals surface area contributed by atoms with Gasteiger partial charge in [-0.3, -0.25) is 14.9 Å². The van der Waals surface area contributed by atoms with E-state index in [4.69, 9.17) is 10.5 Å². The summed E-state index contributed by atoms with van der Waals surface area (Å²) < 4.78 is 4.92. The third-order valence-electron chi connectivity index (χ3n) is 3.30. The molecule has 110 valence electrons. The van der Waals surface area contributed by atoms with Gasteiger partial charge in [0.15, 0.2) is 11.5 Å². The van der Waals surface area contributed by atoms with Gasteiger partial charge >= 0.3 is 5.69 Å². The number of nitrogens with zero attached hydrogens (tertiary/aromatic N) is 1. The number of ketones is 1. The minimum absolute atomic E-state index is 0.0423. The predicted octanol–water partition coefficient (Wildman–Crippen LogP) is 0.971. The molecule has 0 fully saturated rings. The molecular formula is C14H14N2O5. The van der Waals surface area contributed by atoms with E-state index < -0.39 is 22.3 Å². The maximum absolute atomic E-state index is 12.5. The number of aliphatic hydroxyl groups excluding tert-OH is 1. The van der Waals surface area contributed by atoms with Crippen LogP contribution in [-0.4, -0.2) is 34.6 Å². The van der Waals surface area contributed by atoms with Crippen LogP contribution in [0.2, 0.25) is 0 Å². The third-order valence-corrected chi connectivity index (χ3v) is 3.30. The first-order valence-corrected chi connectivity index (χ1v) is 6.10. The Balaban J connectivity index is 2.43. The molecule has 3 N–H and O–H groups in total. The number of Topliss-reactive ketones (excluding diaryl/α,β-unsaturated/α-hetero) is 1. The predicted molar refractivity (Wildman–Crippen MR) is 75.2 cm³/mol. The zero-order valence-electron chi connectivity index (χ0n) is 11.2. The molecule has 1 aromatic carbocycles. The van der Waals surface area contributed by atoms with Crippen LogP contribution in [0.25, 0.3) is 0 Å². The fourth-order valence-electron chi connectivity index (χ4n) is 2.07. The second-order valence-corrected chi connectivity index (χ2v) is 4.59. The standard InChI is InChI=1S/C14H14N2O5/c1-21-11-8-9(5-6-10(11)16(19)20)13(18)14(15)7-3-2-4-12(14)17/h2-8,12,17H,15H2,1H3. The quantitative estimate of drug-likeness (QED) is 0.485. The number of nitrogens with two attached hydrogens (primary N) is 1. The van der Waals surface area contributed by atoms with Crippen molar-refractivity contribution in [1.29, 1.82) is 0 Å². The SMILES string of the molecule is COc1cc(C(=O)C2(N)C=CC=CC2O)ccc1[N+](=O)[O-]. The molecule has 1 aliphatic carbocycles. The molecule has 7 heteroatoms. The van der Waals surface area contributed by atoms with Crippen LogP contribution in [0.3, 0.4) is 0 Å². The highest BCUT2D eigenvalue weighted by molar-refractivity contribution is 6.06. The summed E-state index contributed by atoms with van der Waals surface area (Å²) in [5, 5.41) is 20.7. The van der Waals surface area contributed by atoms with Crippen LogP contribution < -0.4 is 10.5 Å². The van der Waals surface area contributed by atoms with Crippen molar-refractivity contribution in [3.05, 3.63) is 58.2 Å². The summed E-state index contributed by atoms with van der Waals surface area (Å²) >= 11 is 0. The van der Waals surface area contributed by atoms with Crippen LogP contribution in [0.4, 0.5) is 5.69 Å². The van der Waals surface area contributed by atoms with Crippen LogP contribution in [0.1, 0.15) is 10.4 Å². The van der Waals surface area contributed by atoms with E-state index in [9.17, 15) is 20.0 Å². The second kappa shape index (κ2) is 5.47. The van der Waals surface area contributed by atoms with Crippen molar-refractivity contribution < 1.29 is 19.6 Å². The summed E-state index contributed by atoms with van der Waals surface area (Å²) in [7, 11) is 1.27. The first-order chi connectivity index (χ1) is 9.90. The first-order valence-electron chi connectivity index (χ1n) is 6.10. The minimum Gasteiger partial charge on any atom is -0.490 e. The summed E-state index contributed by atoms with van der Waals surface area (Å²) in [5.74, 6) is -0.594. The van der Waals surface area contributed by atoms with Gasteiger partial charge in [0.25, 0.3) is 0 Å². The molecule has 2 atom stereocenters. The number of aliphatic hydroxyl groups is 1. The van der Waals surface area contributed by atoms with Gasteiger partial charge < -0.3 is 15.6 Å². The first kappa shape index (κ1) is 14.9. The van der Waals surface area contributed by atoms with E-state index >= 15 is 0 Å². The summed E-state index contributed by atoms with van der Waals surface area (Å²) in [5.41, 5.74) is 4.23. The van der Waals surface area contributed by atoms with Crippen LogP contribution in [0.15, 0.2) is 42.5 Å². The van der Waals surface area contributed by atoms with Gasteiger partial charge in [0, 0.05) is 11.6 Å². The van der Waals surface area contributed by atoms with E-state index in [0.717, 1.165) is 0 Å². The number of ether oxygens (including phenoxy) is 1. The molecule has 0 heterocycles. The lowest BCUT2D eigenvalue weighted by Crippen LogP contribution is -2.55. The van der Waals surface area contributed by atoms with Gasteiger partial charge in [-0.15, -0.1) is 0 Å². The lowest BCUT2D eigenvalue weighted by Gasteiger charge is -2.29. The van der Waals surface area contributed by atoms with Crippen molar-refractivity contribution in [3.8, 4) is 5.75 Å². The molecular weight excluding hydrogens is 276 g/mol. The Kier molecular flexibility index (Phi) is 3.88. The Morgan fingerprint density at radius 1 is 1.48 bits per heavy atom. The summed E-state index contributed by atoms with van der Waals surface area (Å²) in [4.78, 5) is 22.7. The van der Waals surface area contributed by atoms with Crippen molar-refractivity contribution in [3.63, 3.8) is 0 Å². The number of nitro benzene ring substituents is 1. The van der Waals surface area contributed by atoms with Gasteiger partial charge in [0.1, 0.15) is 11.6 Å². The maximum Gasteiger partial charge on any atom is 0.310 e. The Morgan fingerprint density at radius 3 is 2.76 bits per heavy atom. The van der Waals surface area contributed by atoms with Crippen LogP contribution in [0, 0.1) is 10.1 Å². The smallest absolute Gasteiger partial charge is 0.310 e. The van der Waals surface area contributed by atoms with Gasteiger partial charge in [-0.2, -0.15) is 0 Å². The molecule has 7 nitrogen and oxygen atoms in total. The number of carbonyl (C=O) groups excluding carboxylic acids is 1. The fraction of sp³-hybridized carbons (Fsp3) is 0.214. The van der Waals surface area contributed by atoms with E-state index in [1.807, 2.05) is 0 Å². The number of allylic oxidation sites excluding steroid dienone is 2. The monoisotopic (exact) mass is 290 g/mol. The van der Waals surface area contributed by atoms with Crippen LogP contribution in [0.5, 0.6) is 5.75 Å².